The Morgan fingerprint density at radius 3 is 1.91 bits per heavy atom. The molecule has 0 saturated heterocycles. The Morgan fingerprint density at radius 2 is 1.55 bits per heavy atom. The topological polar surface area (TPSA) is 52.2 Å². The number of nitrogens with one attached hydrogen (secondary N) is 1. The monoisotopic (exact) mass is 351 g/mol. The Kier molecular flexibility index (Phi) is 18.1. The van der Waals surface area contributed by atoms with E-state index in [1.54, 1.807) is 24.3 Å². The number of benzene rings is 1. The number of hydrogen-bond donors (Lipinski definition) is 1. The van der Waals surface area contributed by atoms with Crippen molar-refractivity contribution < 1.29 is 39.5 Å². The quantitative estimate of drug-likeness (QED) is 0.517. The maximum Gasteiger partial charge on any atom is 1.00 e. The summed E-state index contributed by atoms with van der Waals surface area (Å²) in [6.07, 6.45) is 0.000833. The zero-order valence-corrected chi connectivity index (χ0v) is 17.9. The van der Waals surface area contributed by atoms with Gasteiger partial charge in [-0.15, -0.1) is 23.5 Å². The van der Waals surface area contributed by atoms with E-state index >= 15 is 0 Å². The fourth-order valence-electron chi connectivity index (χ4n) is 1.69. The van der Waals surface area contributed by atoms with E-state index in [2.05, 4.69) is 33.0 Å². The fraction of sp³-hybridized carbons (Fsp3) is 0.562. The summed E-state index contributed by atoms with van der Waals surface area (Å²) in [5, 5.41) is 14.7. The number of hydrogen-bond acceptors (Lipinski definition) is 5. The number of carboxylic acids is 1. The first-order valence-electron chi connectivity index (χ1n) is 7.22. The van der Waals surface area contributed by atoms with Crippen molar-refractivity contribution >= 4 is 29.5 Å². The molecule has 0 aromatic heterocycles. The fourth-order valence-corrected chi connectivity index (χ4v) is 3.38. The molecule has 3 nitrogen and oxygen atoms in total. The Hall–Kier alpha value is 0.350. The van der Waals surface area contributed by atoms with Gasteiger partial charge < -0.3 is 9.90 Å². The molecule has 6 heteroatoms. The van der Waals surface area contributed by atoms with E-state index in [9.17, 15) is 9.90 Å². The molecule has 1 rings (SSSR count). The molecule has 1 aromatic carbocycles. The van der Waals surface area contributed by atoms with Gasteiger partial charge in [0.05, 0.1) is 10.7 Å². The number of aliphatic carboxylic acids is 1. The first kappa shape index (κ1) is 24.6. The average molecular weight is 352 g/mol. The molecule has 0 fully saturated rings. The number of carbonyl (C=O) groups excluding carboxylic acids is 1. The molecule has 0 spiro atoms. The van der Waals surface area contributed by atoms with Gasteiger partial charge in [0.15, 0.2) is 0 Å². The minimum Gasteiger partial charge on any atom is -0.550 e. The van der Waals surface area contributed by atoms with Crippen LogP contribution in [0.4, 0.5) is 0 Å². The normalized spacial score (nSPS) is 12.4. The van der Waals surface area contributed by atoms with Crippen LogP contribution in [0.1, 0.15) is 33.3 Å². The standard InChI is InChI=1S/C8H19NS2.C8H8O2.Na/c1-5-10-7(3)9-8(4)11-6-2;9-8(10)6-7-4-2-1-3-5-7;/h7-9H,5-6H2,1-4H3;1-5H,6H2,(H,9,10);/q;;+1/p-1. The number of rotatable bonds is 8. The van der Waals surface area contributed by atoms with Crippen LogP contribution in [-0.4, -0.2) is 28.2 Å². The third-order valence-electron chi connectivity index (χ3n) is 2.49. The smallest absolute Gasteiger partial charge is 0.550 e. The van der Waals surface area contributed by atoms with Gasteiger partial charge in [0.2, 0.25) is 0 Å². The van der Waals surface area contributed by atoms with E-state index in [0.29, 0.717) is 10.7 Å². The van der Waals surface area contributed by atoms with Crippen LogP contribution in [-0.2, 0) is 11.2 Å². The molecule has 0 amide bonds. The van der Waals surface area contributed by atoms with Gasteiger partial charge >= 0.3 is 29.6 Å². The van der Waals surface area contributed by atoms with E-state index in [-0.39, 0.29) is 36.0 Å². The zero-order valence-electron chi connectivity index (χ0n) is 14.3. The van der Waals surface area contributed by atoms with Crippen molar-refractivity contribution in [3.05, 3.63) is 35.9 Å². The van der Waals surface area contributed by atoms with Crippen molar-refractivity contribution in [3.63, 3.8) is 0 Å². The Labute approximate surface area is 165 Å². The molecular weight excluding hydrogens is 325 g/mol. The van der Waals surface area contributed by atoms with Gasteiger partial charge in [-0.2, -0.15) is 0 Å². The van der Waals surface area contributed by atoms with Crippen LogP contribution >= 0.6 is 23.5 Å². The van der Waals surface area contributed by atoms with E-state index in [1.807, 2.05) is 29.6 Å². The Morgan fingerprint density at radius 1 is 1.09 bits per heavy atom. The predicted octanol–water partition coefficient (Wildman–Crippen LogP) is -0.243. The minimum atomic E-state index is -1.04. The van der Waals surface area contributed by atoms with Crippen LogP contribution in [0.5, 0.6) is 0 Å². The number of thioether (sulfide) groups is 2. The van der Waals surface area contributed by atoms with Crippen molar-refractivity contribution in [2.45, 2.75) is 44.9 Å². The van der Waals surface area contributed by atoms with Crippen LogP contribution in [0.2, 0.25) is 0 Å². The molecule has 120 valence electrons. The molecule has 1 N–H and O–H groups in total. The van der Waals surface area contributed by atoms with Gasteiger partial charge in [-0.1, -0.05) is 44.2 Å². The summed E-state index contributed by atoms with van der Waals surface area (Å²) >= 11 is 3.92. The molecule has 0 radical (unpaired) electrons. The molecule has 22 heavy (non-hydrogen) atoms. The second-order valence-corrected chi connectivity index (χ2v) is 7.63. The SMILES string of the molecule is CCSC(C)NC(C)SCC.O=C([O-])Cc1ccccc1.[Na+]. The second-order valence-electron chi connectivity index (χ2n) is 4.40. The molecule has 0 aliphatic carbocycles. The molecule has 0 aliphatic rings. The zero-order chi connectivity index (χ0) is 16.1. The van der Waals surface area contributed by atoms with Gasteiger partial charge in [0, 0.05) is 12.4 Å². The van der Waals surface area contributed by atoms with Crippen LogP contribution < -0.4 is 40.0 Å². The number of carbonyl (C=O) groups is 1. The first-order chi connectivity index (χ1) is 9.99. The minimum absolute atomic E-state index is 0. The number of carboxylic acid groups (broad SMARTS) is 1. The van der Waals surface area contributed by atoms with Crippen LogP contribution in [0.3, 0.4) is 0 Å². The summed E-state index contributed by atoms with van der Waals surface area (Å²) < 4.78 is 0. The van der Waals surface area contributed by atoms with E-state index < -0.39 is 5.97 Å². The molecular formula is C16H26NNaO2S2. The molecule has 0 bridgehead atoms. The summed E-state index contributed by atoms with van der Waals surface area (Å²) in [5.41, 5.74) is 0.780. The largest absolute Gasteiger partial charge is 1.00 e. The molecule has 0 aliphatic heterocycles. The third kappa shape index (κ3) is 15.3. The van der Waals surface area contributed by atoms with Gasteiger partial charge in [-0.3, -0.25) is 5.32 Å². The van der Waals surface area contributed by atoms with Gasteiger partial charge in [-0.25, -0.2) is 0 Å². The van der Waals surface area contributed by atoms with E-state index in [4.69, 9.17) is 0 Å². The van der Waals surface area contributed by atoms with Crippen molar-refractivity contribution in [1.29, 1.82) is 0 Å². The van der Waals surface area contributed by atoms with Crippen molar-refractivity contribution in [2.75, 3.05) is 11.5 Å². The van der Waals surface area contributed by atoms with Crippen LogP contribution in [0, 0.1) is 0 Å². The Balaban J connectivity index is 0. The van der Waals surface area contributed by atoms with Gasteiger partial charge in [0.1, 0.15) is 0 Å². The third-order valence-corrected chi connectivity index (χ3v) is 4.43. The maximum absolute atomic E-state index is 10.1. The van der Waals surface area contributed by atoms with E-state index in [0.717, 1.165) is 5.56 Å². The molecule has 0 heterocycles. The average Bonchev–Trinajstić information content (AvgIpc) is 2.40. The molecule has 2 unspecified atom stereocenters. The van der Waals surface area contributed by atoms with Crippen molar-refractivity contribution in [3.8, 4) is 0 Å². The second kappa shape index (κ2) is 16.2. The Bertz CT molecular complexity index is 370. The predicted molar refractivity (Wildman–Crippen MR) is 93.5 cm³/mol. The summed E-state index contributed by atoms with van der Waals surface area (Å²) in [6.45, 7) is 8.84. The van der Waals surface area contributed by atoms with Gasteiger partial charge in [0.25, 0.3) is 0 Å². The summed E-state index contributed by atoms with van der Waals surface area (Å²) in [5.74, 6) is 1.35. The van der Waals surface area contributed by atoms with Gasteiger partial charge in [-0.05, 0) is 30.9 Å². The molecule has 2 atom stereocenters. The van der Waals surface area contributed by atoms with Crippen molar-refractivity contribution in [2.24, 2.45) is 0 Å². The van der Waals surface area contributed by atoms with Crippen molar-refractivity contribution in [1.82, 2.24) is 5.32 Å². The summed E-state index contributed by atoms with van der Waals surface area (Å²) in [6, 6.07) is 8.97. The summed E-state index contributed by atoms with van der Waals surface area (Å²) in [7, 11) is 0. The van der Waals surface area contributed by atoms with E-state index in [1.165, 1.54) is 11.5 Å². The van der Waals surface area contributed by atoms with Crippen LogP contribution in [0.15, 0.2) is 30.3 Å². The molecule has 0 saturated carbocycles. The first-order valence-corrected chi connectivity index (χ1v) is 9.32. The molecule has 1 aromatic rings. The summed E-state index contributed by atoms with van der Waals surface area (Å²) in [4.78, 5) is 10.1. The maximum atomic E-state index is 10.1. The van der Waals surface area contributed by atoms with Crippen LogP contribution in [0.25, 0.3) is 0 Å².